The van der Waals surface area contributed by atoms with E-state index in [0.29, 0.717) is 34.7 Å². The van der Waals surface area contributed by atoms with E-state index in [1.54, 1.807) is 32.3 Å². The number of thiazole rings is 1. The Hall–Kier alpha value is -2.60. The second-order valence-corrected chi connectivity index (χ2v) is 10.3. The summed E-state index contributed by atoms with van der Waals surface area (Å²) < 4.78 is 47.2. The maximum absolute atomic E-state index is 12.4. The van der Waals surface area contributed by atoms with Crippen molar-refractivity contribution in [3.05, 3.63) is 46.9 Å². The molecule has 1 N–H and O–H groups in total. The maximum Gasteiger partial charge on any atom is 0.422 e. The number of rotatable bonds is 10. The fourth-order valence-corrected chi connectivity index (χ4v) is 4.89. The van der Waals surface area contributed by atoms with Crippen LogP contribution in [0, 0.1) is 0 Å². The van der Waals surface area contributed by atoms with E-state index in [9.17, 15) is 23.1 Å². The van der Waals surface area contributed by atoms with Crippen LogP contribution < -0.4 is 4.74 Å². The van der Waals surface area contributed by atoms with Gasteiger partial charge in [0.1, 0.15) is 4.75 Å². The molecule has 2 heterocycles. The molecule has 0 atom stereocenters. The van der Waals surface area contributed by atoms with Gasteiger partial charge in [-0.05, 0) is 31.9 Å². The molecule has 0 radical (unpaired) electrons. The number of aliphatic carboxylic acids is 1. The van der Waals surface area contributed by atoms with Crippen LogP contribution in [0.15, 0.2) is 40.0 Å². The summed E-state index contributed by atoms with van der Waals surface area (Å²) in [5.41, 5.74) is 2.13. The minimum Gasteiger partial charge on any atom is -0.488 e. The summed E-state index contributed by atoms with van der Waals surface area (Å²) in [7, 11) is 0. The first kappa shape index (κ1) is 25.0. The SMILES string of the molecule is CC(C)(Sc1nc(CCOc2ncc(C3=CCCC(OCC(F)(F)F)=C3)cn2)cs1)C(=O)O. The number of hydrogen-bond acceptors (Lipinski definition) is 8. The van der Waals surface area contributed by atoms with Crippen molar-refractivity contribution in [2.45, 2.75) is 48.4 Å². The van der Waals surface area contributed by atoms with Crippen molar-refractivity contribution >= 4 is 34.6 Å². The lowest BCUT2D eigenvalue weighted by Gasteiger charge is -2.16. The van der Waals surface area contributed by atoms with Crippen LogP contribution >= 0.6 is 23.1 Å². The number of ether oxygens (including phenoxy) is 2. The number of carbonyl (C=O) groups is 1. The van der Waals surface area contributed by atoms with Crippen molar-refractivity contribution in [2.24, 2.45) is 0 Å². The monoisotopic (exact) mass is 501 g/mol. The largest absolute Gasteiger partial charge is 0.488 e. The lowest BCUT2D eigenvalue weighted by atomic mass is 10.0. The van der Waals surface area contributed by atoms with Crippen LogP contribution in [-0.4, -0.2) is 50.2 Å². The van der Waals surface area contributed by atoms with Crippen molar-refractivity contribution in [1.29, 1.82) is 0 Å². The number of aromatic nitrogens is 3. The van der Waals surface area contributed by atoms with E-state index in [4.69, 9.17) is 9.47 Å². The number of halogens is 3. The molecule has 0 bridgehead atoms. The molecule has 0 amide bonds. The standard InChI is InChI=1S/C21H22F3N3O4S2/c1-20(2,17(28)29)33-19-27-15(11-32-19)6-7-30-18-25-9-14(10-26-18)13-4-3-5-16(8-13)31-12-21(22,23)24/h4,8-11H,3,5-7,12H2,1-2H3,(H,28,29). The van der Waals surface area contributed by atoms with Gasteiger partial charge in [0, 0.05) is 36.2 Å². The first-order valence-corrected chi connectivity index (χ1v) is 11.6. The molecule has 0 saturated carbocycles. The van der Waals surface area contributed by atoms with E-state index in [1.165, 1.54) is 23.1 Å². The smallest absolute Gasteiger partial charge is 0.422 e. The Morgan fingerprint density at radius 1 is 1.24 bits per heavy atom. The van der Waals surface area contributed by atoms with Crippen LogP contribution in [0.1, 0.15) is 37.9 Å². The highest BCUT2D eigenvalue weighted by atomic mass is 32.2. The molecule has 3 rings (SSSR count). The Morgan fingerprint density at radius 2 is 1.97 bits per heavy atom. The quantitative estimate of drug-likeness (QED) is 0.447. The number of carboxylic acid groups (broad SMARTS) is 1. The van der Waals surface area contributed by atoms with Crippen LogP contribution in [0.25, 0.3) is 5.57 Å². The van der Waals surface area contributed by atoms with Gasteiger partial charge < -0.3 is 14.6 Å². The molecule has 0 fully saturated rings. The lowest BCUT2D eigenvalue weighted by molar-refractivity contribution is -0.165. The summed E-state index contributed by atoms with van der Waals surface area (Å²) in [6.45, 7) is 2.22. The van der Waals surface area contributed by atoms with E-state index in [2.05, 4.69) is 15.0 Å². The van der Waals surface area contributed by atoms with Crippen molar-refractivity contribution in [2.75, 3.05) is 13.2 Å². The van der Waals surface area contributed by atoms with E-state index in [0.717, 1.165) is 5.69 Å². The van der Waals surface area contributed by atoms with Crippen molar-refractivity contribution in [3.8, 4) is 6.01 Å². The molecule has 33 heavy (non-hydrogen) atoms. The number of allylic oxidation sites excluding steroid dienone is 4. The minimum atomic E-state index is -4.38. The molecule has 0 aromatic carbocycles. The first-order valence-electron chi connectivity index (χ1n) is 9.94. The van der Waals surface area contributed by atoms with Gasteiger partial charge in [0.05, 0.1) is 18.1 Å². The summed E-state index contributed by atoms with van der Waals surface area (Å²) in [6, 6.07) is 0.171. The molecule has 0 spiro atoms. The van der Waals surface area contributed by atoms with Gasteiger partial charge in [-0.15, -0.1) is 11.3 Å². The Balaban J connectivity index is 1.50. The van der Waals surface area contributed by atoms with Crippen LogP contribution in [0.4, 0.5) is 13.2 Å². The maximum atomic E-state index is 12.4. The molecular formula is C21H22F3N3O4S2. The third kappa shape index (κ3) is 7.74. The fourth-order valence-electron chi connectivity index (χ4n) is 2.66. The molecular weight excluding hydrogens is 479 g/mol. The van der Waals surface area contributed by atoms with Gasteiger partial charge in [-0.25, -0.2) is 15.0 Å². The summed E-state index contributed by atoms with van der Waals surface area (Å²) >= 11 is 2.57. The molecule has 12 heteroatoms. The van der Waals surface area contributed by atoms with Gasteiger partial charge in [0.15, 0.2) is 10.9 Å². The zero-order valence-electron chi connectivity index (χ0n) is 17.9. The molecule has 2 aromatic heterocycles. The van der Waals surface area contributed by atoms with Crippen molar-refractivity contribution in [3.63, 3.8) is 0 Å². The van der Waals surface area contributed by atoms with Crippen LogP contribution in [-0.2, 0) is 16.0 Å². The average molecular weight is 502 g/mol. The highest BCUT2D eigenvalue weighted by molar-refractivity contribution is 8.02. The van der Waals surface area contributed by atoms with E-state index in [1.807, 2.05) is 11.5 Å². The zero-order chi connectivity index (χ0) is 24.1. The summed E-state index contributed by atoms with van der Waals surface area (Å²) in [5.74, 6) is -0.629. The van der Waals surface area contributed by atoms with Crippen molar-refractivity contribution in [1.82, 2.24) is 15.0 Å². The second kappa shape index (κ2) is 10.6. The first-order chi connectivity index (χ1) is 15.5. The minimum absolute atomic E-state index is 0.171. The Morgan fingerprint density at radius 3 is 2.64 bits per heavy atom. The van der Waals surface area contributed by atoms with Gasteiger partial charge in [0.25, 0.3) is 0 Å². The summed E-state index contributed by atoms with van der Waals surface area (Å²) in [5, 5.41) is 11.1. The van der Waals surface area contributed by atoms with Gasteiger partial charge >= 0.3 is 18.2 Å². The predicted molar refractivity (Wildman–Crippen MR) is 118 cm³/mol. The molecule has 1 aliphatic rings. The molecule has 178 valence electrons. The average Bonchev–Trinajstić information content (AvgIpc) is 3.19. The van der Waals surface area contributed by atoms with E-state index < -0.39 is 23.5 Å². The topological polar surface area (TPSA) is 94.4 Å². The molecule has 0 saturated heterocycles. The van der Waals surface area contributed by atoms with Crippen LogP contribution in [0.5, 0.6) is 6.01 Å². The number of carboxylic acids is 1. The lowest BCUT2D eigenvalue weighted by Crippen LogP contribution is -2.26. The van der Waals surface area contributed by atoms with Gasteiger partial charge in [-0.2, -0.15) is 13.2 Å². The number of hydrogen-bond donors (Lipinski definition) is 1. The summed E-state index contributed by atoms with van der Waals surface area (Å²) in [4.78, 5) is 24.0. The Kier molecular flexibility index (Phi) is 8.01. The third-order valence-electron chi connectivity index (χ3n) is 4.43. The van der Waals surface area contributed by atoms with E-state index >= 15 is 0 Å². The van der Waals surface area contributed by atoms with Gasteiger partial charge in [-0.3, -0.25) is 4.79 Å². The Bertz CT molecular complexity index is 1030. The second-order valence-electron chi connectivity index (χ2n) is 7.59. The van der Waals surface area contributed by atoms with Crippen LogP contribution in [0.3, 0.4) is 0 Å². The highest BCUT2D eigenvalue weighted by Gasteiger charge is 2.30. The van der Waals surface area contributed by atoms with Gasteiger partial charge in [0.2, 0.25) is 0 Å². The molecule has 0 unspecified atom stereocenters. The number of nitrogens with zero attached hydrogens (tertiary/aromatic N) is 3. The number of thioether (sulfide) groups is 1. The van der Waals surface area contributed by atoms with Gasteiger partial charge in [-0.1, -0.05) is 17.8 Å². The van der Waals surface area contributed by atoms with E-state index in [-0.39, 0.29) is 18.4 Å². The highest BCUT2D eigenvalue weighted by Crippen LogP contribution is 2.34. The zero-order valence-corrected chi connectivity index (χ0v) is 19.5. The third-order valence-corrected chi connectivity index (χ3v) is 6.60. The molecule has 7 nitrogen and oxygen atoms in total. The predicted octanol–water partition coefficient (Wildman–Crippen LogP) is 5.15. The molecule has 1 aliphatic carbocycles. The molecule has 2 aromatic rings. The van der Waals surface area contributed by atoms with Crippen LogP contribution in [0.2, 0.25) is 0 Å². The molecule has 0 aliphatic heterocycles. The Labute approximate surface area is 196 Å². The van der Waals surface area contributed by atoms with Crippen molar-refractivity contribution < 1.29 is 32.5 Å². The summed E-state index contributed by atoms with van der Waals surface area (Å²) in [6.07, 6.45) is 3.65. The fraction of sp³-hybridized carbons (Fsp3) is 0.429. The number of alkyl halides is 3. The normalized spacial score (nSPS) is 14.5.